The number of amides is 1. The van der Waals surface area contributed by atoms with Crippen molar-refractivity contribution in [2.24, 2.45) is 5.73 Å². The van der Waals surface area contributed by atoms with Gasteiger partial charge in [0.1, 0.15) is 0 Å². The molecule has 0 aromatic rings. The van der Waals surface area contributed by atoms with Crippen molar-refractivity contribution in [1.82, 2.24) is 4.90 Å². The first-order valence-electron chi connectivity index (χ1n) is 4.79. The van der Waals surface area contributed by atoms with Crippen LogP contribution >= 0.6 is 11.8 Å². The molecule has 2 unspecified atom stereocenters. The van der Waals surface area contributed by atoms with E-state index >= 15 is 0 Å². The summed E-state index contributed by atoms with van der Waals surface area (Å²) in [5.41, 5.74) is 5.35. The molecule has 1 rings (SSSR count). The first kappa shape index (κ1) is 10.9. The summed E-state index contributed by atoms with van der Waals surface area (Å²) in [6.45, 7) is 5.18. The molecular formula is C9H18N2OS. The number of hydrogen-bond donors (Lipinski definition) is 1. The zero-order chi connectivity index (χ0) is 9.84. The van der Waals surface area contributed by atoms with E-state index in [1.54, 1.807) is 0 Å². The lowest BCUT2D eigenvalue weighted by molar-refractivity contribution is -0.124. The molecule has 1 heterocycles. The van der Waals surface area contributed by atoms with Crippen molar-refractivity contribution in [3.63, 3.8) is 0 Å². The molecule has 0 aromatic carbocycles. The van der Waals surface area contributed by atoms with Crippen molar-refractivity contribution < 1.29 is 4.79 Å². The van der Waals surface area contributed by atoms with Crippen molar-refractivity contribution in [2.75, 3.05) is 18.1 Å². The molecule has 0 bridgehead atoms. The Labute approximate surface area is 84.0 Å². The van der Waals surface area contributed by atoms with E-state index in [0.717, 1.165) is 24.5 Å². The first-order chi connectivity index (χ1) is 6.16. The standard InChI is InChI=1S/C9H18N2OS/c1-3-8(9(10)12)11-4-5-13-6-7(11)2/h7-8H,3-6H2,1-2H3,(H2,10,12). The Morgan fingerprint density at radius 2 is 2.46 bits per heavy atom. The normalized spacial score (nSPS) is 27.1. The Morgan fingerprint density at radius 1 is 1.77 bits per heavy atom. The molecule has 0 saturated carbocycles. The number of primary amides is 1. The number of nitrogens with zero attached hydrogens (tertiary/aromatic N) is 1. The molecule has 0 aliphatic carbocycles. The maximum absolute atomic E-state index is 11.1. The van der Waals surface area contributed by atoms with E-state index in [2.05, 4.69) is 11.8 Å². The van der Waals surface area contributed by atoms with Crippen LogP contribution < -0.4 is 5.73 Å². The van der Waals surface area contributed by atoms with E-state index in [9.17, 15) is 4.79 Å². The van der Waals surface area contributed by atoms with Gasteiger partial charge in [0.05, 0.1) is 6.04 Å². The molecule has 2 atom stereocenters. The van der Waals surface area contributed by atoms with Gasteiger partial charge >= 0.3 is 0 Å². The second kappa shape index (κ2) is 4.86. The maximum atomic E-state index is 11.1. The van der Waals surface area contributed by atoms with Crippen LogP contribution in [0.4, 0.5) is 0 Å². The average Bonchev–Trinajstić information content (AvgIpc) is 2.09. The highest BCUT2D eigenvalue weighted by Gasteiger charge is 2.28. The van der Waals surface area contributed by atoms with Gasteiger partial charge in [-0.3, -0.25) is 9.69 Å². The fourth-order valence-corrected chi connectivity index (χ4v) is 2.84. The van der Waals surface area contributed by atoms with Gasteiger partial charge in [0.2, 0.25) is 5.91 Å². The maximum Gasteiger partial charge on any atom is 0.234 e. The van der Waals surface area contributed by atoms with Crippen LogP contribution in [0.2, 0.25) is 0 Å². The van der Waals surface area contributed by atoms with Crippen LogP contribution in [-0.2, 0) is 4.79 Å². The van der Waals surface area contributed by atoms with Crippen molar-refractivity contribution in [1.29, 1.82) is 0 Å². The van der Waals surface area contributed by atoms with Gasteiger partial charge in [-0.1, -0.05) is 6.92 Å². The third kappa shape index (κ3) is 2.61. The summed E-state index contributed by atoms with van der Waals surface area (Å²) in [6, 6.07) is 0.423. The SMILES string of the molecule is CCC(C(N)=O)N1CCSCC1C. The van der Waals surface area contributed by atoms with Gasteiger partial charge in [-0.05, 0) is 13.3 Å². The van der Waals surface area contributed by atoms with E-state index in [4.69, 9.17) is 5.73 Å². The Morgan fingerprint density at radius 3 is 2.92 bits per heavy atom. The van der Waals surface area contributed by atoms with Crippen LogP contribution in [0.1, 0.15) is 20.3 Å². The van der Waals surface area contributed by atoms with E-state index in [1.807, 2.05) is 18.7 Å². The van der Waals surface area contributed by atoms with Crippen molar-refractivity contribution in [2.45, 2.75) is 32.4 Å². The number of carbonyl (C=O) groups is 1. The van der Waals surface area contributed by atoms with Gasteiger partial charge in [0, 0.05) is 24.1 Å². The summed E-state index contributed by atoms with van der Waals surface area (Å²) in [4.78, 5) is 13.4. The molecule has 0 aromatic heterocycles. The lowest BCUT2D eigenvalue weighted by Gasteiger charge is -2.37. The highest BCUT2D eigenvalue weighted by molar-refractivity contribution is 7.99. The van der Waals surface area contributed by atoms with Gasteiger partial charge in [0.25, 0.3) is 0 Å². The molecule has 13 heavy (non-hydrogen) atoms. The zero-order valence-electron chi connectivity index (χ0n) is 8.32. The molecule has 76 valence electrons. The predicted molar refractivity (Wildman–Crippen MR) is 56.8 cm³/mol. The van der Waals surface area contributed by atoms with Crippen LogP contribution in [0, 0.1) is 0 Å². The molecule has 3 nitrogen and oxygen atoms in total. The van der Waals surface area contributed by atoms with E-state index in [0.29, 0.717) is 6.04 Å². The minimum Gasteiger partial charge on any atom is -0.368 e. The summed E-state index contributed by atoms with van der Waals surface area (Å²) in [7, 11) is 0. The third-order valence-corrected chi connectivity index (χ3v) is 3.72. The van der Waals surface area contributed by atoms with Crippen LogP contribution in [-0.4, -0.2) is 40.9 Å². The number of nitrogens with two attached hydrogens (primary N) is 1. The molecule has 1 fully saturated rings. The molecule has 0 radical (unpaired) electrons. The minimum absolute atomic E-state index is 0.0594. The van der Waals surface area contributed by atoms with Crippen LogP contribution in [0.15, 0.2) is 0 Å². The first-order valence-corrected chi connectivity index (χ1v) is 5.95. The smallest absolute Gasteiger partial charge is 0.234 e. The summed E-state index contributed by atoms with van der Waals surface area (Å²) in [6.07, 6.45) is 0.824. The Bertz CT molecular complexity index is 186. The van der Waals surface area contributed by atoms with Crippen LogP contribution in [0.3, 0.4) is 0 Å². The molecule has 2 N–H and O–H groups in total. The Hall–Kier alpha value is -0.220. The van der Waals surface area contributed by atoms with Crippen LogP contribution in [0.5, 0.6) is 0 Å². The van der Waals surface area contributed by atoms with Crippen molar-refractivity contribution >= 4 is 17.7 Å². The minimum atomic E-state index is -0.179. The molecule has 4 heteroatoms. The number of rotatable bonds is 3. The predicted octanol–water partition coefficient (Wildman–Crippen LogP) is 0.688. The Balaban J connectivity index is 2.60. The fourth-order valence-electron chi connectivity index (χ4n) is 1.80. The van der Waals surface area contributed by atoms with Gasteiger partial charge in [-0.15, -0.1) is 0 Å². The van der Waals surface area contributed by atoms with E-state index in [-0.39, 0.29) is 11.9 Å². The highest BCUT2D eigenvalue weighted by Crippen LogP contribution is 2.19. The quantitative estimate of drug-likeness (QED) is 0.732. The van der Waals surface area contributed by atoms with E-state index in [1.165, 1.54) is 0 Å². The second-order valence-corrected chi connectivity index (χ2v) is 4.64. The van der Waals surface area contributed by atoms with Crippen molar-refractivity contribution in [3.05, 3.63) is 0 Å². The molecule has 0 spiro atoms. The second-order valence-electron chi connectivity index (χ2n) is 3.49. The molecule has 1 saturated heterocycles. The average molecular weight is 202 g/mol. The van der Waals surface area contributed by atoms with Gasteiger partial charge in [-0.2, -0.15) is 11.8 Å². The summed E-state index contributed by atoms with van der Waals surface area (Å²) < 4.78 is 0. The lowest BCUT2D eigenvalue weighted by atomic mass is 10.1. The van der Waals surface area contributed by atoms with Crippen LogP contribution in [0.25, 0.3) is 0 Å². The molecular weight excluding hydrogens is 184 g/mol. The molecule has 1 aliphatic heterocycles. The summed E-state index contributed by atoms with van der Waals surface area (Å²) in [5, 5.41) is 0. The number of carbonyl (C=O) groups excluding carboxylic acids is 1. The summed E-state index contributed by atoms with van der Waals surface area (Å²) >= 11 is 1.95. The van der Waals surface area contributed by atoms with E-state index < -0.39 is 0 Å². The van der Waals surface area contributed by atoms with Crippen molar-refractivity contribution in [3.8, 4) is 0 Å². The summed E-state index contributed by atoms with van der Waals surface area (Å²) in [5.74, 6) is 2.05. The number of thioether (sulfide) groups is 1. The molecule has 1 aliphatic rings. The largest absolute Gasteiger partial charge is 0.368 e. The van der Waals surface area contributed by atoms with Gasteiger partial charge < -0.3 is 5.73 Å². The Kier molecular flexibility index (Phi) is 4.06. The van der Waals surface area contributed by atoms with Gasteiger partial charge in [0.15, 0.2) is 0 Å². The number of hydrogen-bond acceptors (Lipinski definition) is 3. The monoisotopic (exact) mass is 202 g/mol. The lowest BCUT2D eigenvalue weighted by Crippen LogP contribution is -2.52. The fraction of sp³-hybridized carbons (Fsp3) is 0.889. The molecule has 1 amide bonds. The topological polar surface area (TPSA) is 46.3 Å². The van der Waals surface area contributed by atoms with Gasteiger partial charge in [-0.25, -0.2) is 0 Å². The highest BCUT2D eigenvalue weighted by atomic mass is 32.2. The third-order valence-electron chi connectivity index (χ3n) is 2.53. The zero-order valence-corrected chi connectivity index (χ0v) is 9.14.